The molecular weight excluding hydrogens is 276 g/mol. The van der Waals surface area contributed by atoms with Gasteiger partial charge in [-0.25, -0.2) is 0 Å². The van der Waals surface area contributed by atoms with Crippen LogP contribution in [0.15, 0.2) is 30.3 Å². The Balaban J connectivity index is 1.75. The van der Waals surface area contributed by atoms with Gasteiger partial charge in [-0.15, -0.1) is 10.2 Å². The first-order chi connectivity index (χ1) is 10.6. The Labute approximate surface area is 130 Å². The van der Waals surface area contributed by atoms with E-state index in [0.717, 1.165) is 42.7 Å². The molecule has 1 N–H and O–H groups in total. The Morgan fingerprint density at radius 3 is 2.32 bits per heavy atom. The van der Waals surface area contributed by atoms with Crippen molar-refractivity contribution in [2.24, 2.45) is 0 Å². The number of carbonyl (C=O) groups excluding carboxylic acids is 1. The molecule has 0 spiro atoms. The van der Waals surface area contributed by atoms with Gasteiger partial charge < -0.3 is 10.2 Å². The number of rotatable bonds is 3. The molecule has 1 saturated heterocycles. The van der Waals surface area contributed by atoms with E-state index in [1.54, 1.807) is 6.07 Å². The molecule has 0 aliphatic carbocycles. The number of aryl methyl sites for hydroxylation is 2. The van der Waals surface area contributed by atoms with Crippen LogP contribution in [-0.2, 0) is 0 Å². The van der Waals surface area contributed by atoms with Gasteiger partial charge in [0.1, 0.15) is 0 Å². The lowest BCUT2D eigenvalue weighted by Crippen LogP contribution is -2.28. The van der Waals surface area contributed by atoms with Crippen LogP contribution >= 0.6 is 0 Å². The van der Waals surface area contributed by atoms with Crippen LogP contribution in [0.5, 0.6) is 0 Å². The zero-order chi connectivity index (χ0) is 15.5. The Morgan fingerprint density at radius 1 is 1.05 bits per heavy atom. The van der Waals surface area contributed by atoms with Gasteiger partial charge in [0.2, 0.25) is 0 Å². The van der Waals surface area contributed by atoms with Crippen molar-refractivity contribution in [1.29, 1.82) is 0 Å². The Bertz CT molecular complexity index is 655. The zero-order valence-corrected chi connectivity index (χ0v) is 13.0. The number of amides is 1. The van der Waals surface area contributed by atoms with Crippen molar-refractivity contribution >= 4 is 17.4 Å². The smallest absolute Gasteiger partial charge is 0.274 e. The van der Waals surface area contributed by atoms with Crippen LogP contribution in [0.25, 0.3) is 0 Å². The highest BCUT2D eigenvalue weighted by atomic mass is 16.2. The number of likely N-dealkylation sites (tertiary alicyclic amines) is 1. The molecule has 0 atom stereocenters. The van der Waals surface area contributed by atoms with Gasteiger partial charge in [0.25, 0.3) is 5.91 Å². The first-order valence-electron chi connectivity index (χ1n) is 7.61. The summed E-state index contributed by atoms with van der Waals surface area (Å²) in [7, 11) is 0. The van der Waals surface area contributed by atoms with E-state index < -0.39 is 0 Å². The number of carbonyl (C=O) groups is 1. The molecule has 5 heteroatoms. The van der Waals surface area contributed by atoms with Gasteiger partial charge in [0, 0.05) is 18.8 Å². The predicted octanol–water partition coefficient (Wildman–Crippen LogP) is 3.07. The van der Waals surface area contributed by atoms with E-state index in [4.69, 9.17) is 0 Å². The van der Waals surface area contributed by atoms with E-state index in [9.17, 15) is 4.79 Å². The highest BCUT2D eigenvalue weighted by Gasteiger charge is 2.20. The number of anilines is 2. The molecule has 5 nitrogen and oxygen atoms in total. The van der Waals surface area contributed by atoms with Gasteiger partial charge in [-0.2, -0.15) is 0 Å². The molecule has 2 heterocycles. The summed E-state index contributed by atoms with van der Waals surface area (Å²) in [6, 6.07) is 9.67. The molecule has 1 aliphatic heterocycles. The van der Waals surface area contributed by atoms with Crippen LogP contribution in [-0.4, -0.2) is 34.1 Å². The highest BCUT2D eigenvalue weighted by Crippen LogP contribution is 2.23. The van der Waals surface area contributed by atoms with Crippen LogP contribution in [0, 0.1) is 13.8 Å². The van der Waals surface area contributed by atoms with E-state index in [1.807, 2.05) is 43.0 Å². The quantitative estimate of drug-likeness (QED) is 0.945. The third-order valence-electron chi connectivity index (χ3n) is 4.01. The Hall–Kier alpha value is -2.43. The summed E-state index contributed by atoms with van der Waals surface area (Å²) in [6.45, 7) is 5.74. The molecule has 3 rings (SSSR count). The van der Waals surface area contributed by atoms with Crippen molar-refractivity contribution in [3.05, 3.63) is 47.2 Å². The van der Waals surface area contributed by atoms with Gasteiger partial charge in [0.15, 0.2) is 11.5 Å². The molecule has 2 aromatic rings. The minimum Gasteiger partial charge on any atom is -0.338 e. The van der Waals surface area contributed by atoms with Crippen molar-refractivity contribution in [3.8, 4) is 0 Å². The molecule has 0 unspecified atom stereocenters. The third-order valence-corrected chi connectivity index (χ3v) is 4.01. The molecular formula is C17H20N4O. The number of nitrogens with one attached hydrogen (secondary N) is 1. The number of hydrogen-bond donors (Lipinski definition) is 1. The molecule has 1 fully saturated rings. The van der Waals surface area contributed by atoms with Crippen LogP contribution in [0.3, 0.4) is 0 Å². The summed E-state index contributed by atoms with van der Waals surface area (Å²) in [5.74, 6) is 0.624. The van der Waals surface area contributed by atoms with Crippen LogP contribution in [0.4, 0.5) is 11.5 Å². The van der Waals surface area contributed by atoms with Gasteiger partial charge in [0.05, 0.1) is 0 Å². The summed E-state index contributed by atoms with van der Waals surface area (Å²) in [5.41, 5.74) is 3.75. The summed E-state index contributed by atoms with van der Waals surface area (Å²) < 4.78 is 0. The standard InChI is InChI=1S/C17H20N4O/c1-12-6-5-7-13(2)16(12)18-15-9-8-14(19-20-15)17(22)21-10-3-4-11-21/h5-9H,3-4,10-11H2,1-2H3,(H,18,20). The minimum atomic E-state index is -0.0244. The second-order valence-corrected chi connectivity index (χ2v) is 5.69. The zero-order valence-electron chi connectivity index (χ0n) is 13.0. The van der Waals surface area contributed by atoms with E-state index in [2.05, 4.69) is 15.5 Å². The number of benzene rings is 1. The second-order valence-electron chi connectivity index (χ2n) is 5.69. The highest BCUT2D eigenvalue weighted by molar-refractivity contribution is 5.92. The molecule has 22 heavy (non-hydrogen) atoms. The molecule has 1 aromatic carbocycles. The SMILES string of the molecule is Cc1cccc(C)c1Nc1ccc(C(=O)N2CCCC2)nn1. The topological polar surface area (TPSA) is 58.1 Å². The minimum absolute atomic E-state index is 0.0244. The predicted molar refractivity (Wildman–Crippen MR) is 86.4 cm³/mol. The average molecular weight is 296 g/mol. The summed E-state index contributed by atoms with van der Waals surface area (Å²) in [5, 5.41) is 11.5. The van der Waals surface area contributed by atoms with E-state index in [0.29, 0.717) is 11.5 Å². The van der Waals surface area contributed by atoms with Gasteiger partial charge in [-0.1, -0.05) is 18.2 Å². The van der Waals surface area contributed by atoms with Crippen molar-refractivity contribution in [2.45, 2.75) is 26.7 Å². The number of nitrogens with zero attached hydrogens (tertiary/aromatic N) is 3. The fraction of sp³-hybridized carbons (Fsp3) is 0.353. The summed E-state index contributed by atoms with van der Waals surface area (Å²) in [4.78, 5) is 14.1. The van der Waals surface area contributed by atoms with Crippen molar-refractivity contribution in [2.75, 3.05) is 18.4 Å². The fourth-order valence-electron chi connectivity index (χ4n) is 2.73. The van der Waals surface area contributed by atoms with E-state index in [-0.39, 0.29) is 5.91 Å². The number of hydrogen-bond acceptors (Lipinski definition) is 4. The lowest BCUT2D eigenvalue weighted by atomic mass is 10.1. The Morgan fingerprint density at radius 2 is 1.73 bits per heavy atom. The van der Waals surface area contributed by atoms with Gasteiger partial charge in [-0.05, 0) is 49.9 Å². The molecule has 0 saturated carbocycles. The maximum Gasteiger partial charge on any atom is 0.274 e. The maximum absolute atomic E-state index is 12.2. The molecule has 1 aliphatic rings. The molecule has 1 amide bonds. The Kier molecular flexibility index (Phi) is 4.04. The lowest BCUT2D eigenvalue weighted by molar-refractivity contribution is 0.0786. The van der Waals surface area contributed by atoms with E-state index >= 15 is 0 Å². The molecule has 0 bridgehead atoms. The lowest BCUT2D eigenvalue weighted by Gasteiger charge is -2.14. The second kappa shape index (κ2) is 6.13. The van der Waals surface area contributed by atoms with Gasteiger partial charge in [-0.3, -0.25) is 4.79 Å². The van der Waals surface area contributed by atoms with Crippen LogP contribution < -0.4 is 5.32 Å². The monoisotopic (exact) mass is 296 g/mol. The number of aromatic nitrogens is 2. The fourth-order valence-corrected chi connectivity index (χ4v) is 2.73. The van der Waals surface area contributed by atoms with Crippen molar-refractivity contribution in [1.82, 2.24) is 15.1 Å². The van der Waals surface area contributed by atoms with E-state index in [1.165, 1.54) is 0 Å². The van der Waals surface area contributed by atoms with Crippen molar-refractivity contribution < 1.29 is 4.79 Å². The number of para-hydroxylation sites is 1. The third kappa shape index (κ3) is 2.93. The van der Waals surface area contributed by atoms with Crippen LogP contribution in [0.2, 0.25) is 0 Å². The summed E-state index contributed by atoms with van der Waals surface area (Å²) in [6.07, 6.45) is 2.15. The first-order valence-corrected chi connectivity index (χ1v) is 7.61. The van der Waals surface area contributed by atoms with Crippen molar-refractivity contribution in [3.63, 3.8) is 0 Å². The molecule has 0 radical (unpaired) electrons. The largest absolute Gasteiger partial charge is 0.338 e. The normalized spacial score (nSPS) is 14.2. The maximum atomic E-state index is 12.2. The molecule has 114 valence electrons. The van der Waals surface area contributed by atoms with Gasteiger partial charge >= 0.3 is 0 Å². The van der Waals surface area contributed by atoms with Crippen LogP contribution in [0.1, 0.15) is 34.5 Å². The first kappa shape index (κ1) is 14.5. The summed E-state index contributed by atoms with van der Waals surface area (Å²) >= 11 is 0. The average Bonchev–Trinajstić information content (AvgIpc) is 3.05. The molecule has 1 aromatic heterocycles.